The Labute approximate surface area is 127 Å². The fraction of sp³-hybridized carbons (Fsp3) is 0.500. The summed E-state index contributed by atoms with van der Waals surface area (Å²) in [6, 6.07) is 3.40. The zero-order valence-electron chi connectivity index (χ0n) is 11.2. The van der Waals surface area contributed by atoms with Gasteiger partial charge in [0.2, 0.25) is 0 Å². The Morgan fingerprint density at radius 2 is 2.05 bits per heavy atom. The Balaban J connectivity index is 2.10. The summed E-state index contributed by atoms with van der Waals surface area (Å²) < 4.78 is 15.7. The zero-order chi connectivity index (χ0) is 14.3. The Bertz CT molecular complexity index is 633. The molecule has 0 bridgehead atoms. The molecule has 0 aliphatic carbocycles. The molecular weight excluding hydrogens is 300 g/mol. The number of hydrogen-bond donors (Lipinski definition) is 0. The van der Waals surface area contributed by atoms with Crippen LogP contribution in [0.1, 0.15) is 24.7 Å². The Hall–Kier alpha value is -0.840. The number of benzene rings is 1. The van der Waals surface area contributed by atoms with Crippen LogP contribution in [0.3, 0.4) is 0 Å². The molecule has 0 saturated carbocycles. The van der Waals surface area contributed by atoms with Crippen molar-refractivity contribution in [3.8, 4) is 0 Å². The van der Waals surface area contributed by atoms with Gasteiger partial charge >= 0.3 is 0 Å². The van der Waals surface area contributed by atoms with Crippen LogP contribution in [0.4, 0.5) is 4.39 Å². The van der Waals surface area contributed by atoms with Crippen LogP contribution >= 0.6 is 23.2 Å². The van der Waals surface area contributed by atoms with Gasteiger partial charge in [-0.3, -0.25) is 0 Å². The lowest BCUT2D eigenvalue weighted by Crippen LogP contribution is -2.32. The lowest BCUT2D eigenvalue weighted by molar-refractivity contribution is 0.222. The van der Waals surface area contributed by atoms with E-state index in [0.29, 0.717) is 17.4 Å². The van der Waals surface area contributed by atoms with E-state index in [-0.39, 0.29) is 5.02 Å². The van der Waals surface area contributed by atoms with Crippen molar-refractivity contribution < 1.29 is 4.39 Å². The summed E-state index contributed by atoms with van der Waals surface area (Å²) in [5.41, 5.74) is 1.50. The highest BCUT2D eigenvalue weighted by atomic mass is 35.5. The molecule has 0 amide bonds. The molecule has 20 heavy (non-hydrogen) atoms. The van der Waals surface area contributed by atoms with Crippen LogP contribution in [0.5, 0.6) is 0 Å². The molecule has 1 aromatic heterocycles. The molecule has 108 valence electrons. The number of likely N-dealkylation sites (tertiary alicyclic amines) is 1. The highest BCUT2D eigenvalue weighted by Crippen LogP contribution is 2.31. The number of aromatic nitrogens is 2. The van der Waals surface area contributed by atoms with Crippen molar-refractivity contribution in [2.24, 2.45) is 0 Å². The Morgan fingerprint density at radius 3 is 2.70 bits per heavy atom. The normalized spacial score (nSPS) is 18.0. The van der Waals surface area contributed by atoms with Gasteiger partial charge in [-0.05, 0) is 39.0 Å². The third-order valence-electron chi connectivity index (χ3n) is 3.98. The van der Waals surface area contributed by atoms with E-state index in [1.54, 1.807) is 6.07 Å². The second kappa shape index (κ2) is 5.51. The average Bonchev–Trinajstić information content (AvgIpc) is 2.78. The van der Waals surface area contributed by atoms with E-state index >= 15 is 0 Å². The molecule has 0 N–H and O–H groups in total. The lowest BCUT2D eigenvalue weighted by Gasteiger charge is -2.31. The van der Waals surface area contributed by atoms with Crippen molar-refractivity contribution in [1.29, 1.82) is 0 Å². The van der Waals surface area contributed by atoms with E-state index in [2.05, 4.69) is 21.5 Å². The number of piperidine rings is 1. The van der Waals surface area contributed by atoms with Gasteiger partial charge in [-0.25, -0.2) is 9.37 Å². The molecule has 2 aromatic rings. The van der Waals surface area contributed by atoms with E-state index in [4.69, 9.17) is 23.2 Å². The smallest absolute Gasteiger partial charge is 0.144 e. The highest BCUT2D eigenvalue weighted by Gasteiger charge is 2.23. The van der Waals surface area contributed by atoms with Crippen molar-refractivity contribution in [2.75, 3.05) is 20.1 Å². The fourth-order valence-electron chi connectivity index (χ4n) is 2.90. The van der Waals surface area contributed by atoms with E-state index in [1.807, 2.05) is 0 Å². The SMILES string of the molecule is CN1CCC(n2c(CCl)nc3cc(F)c(Cl)cc32)CC1. The maximum absolute atomic E-state index is 13.6. The molecule has 1 aliphatic heterocycles. The van der Waals surface area contributed by atoms with Crippen molar-refractivity contribution in [3.05, 3.63) is 28.8 Å². The predicted octanol–water partition coefficient (Wildman–Crippen LogP) is 3.83. The third-order valence-corrected chi connectivity index (χ3v) is 4.51. The number of nitrogens with zero attached hydrogens (tertiary/aromatic N) is 3. The molecule has 1 aromatic carbocycles. The lowest BCUT2D eigenvalue weighted by atomic mass is 10.0. The maximum Gasteiger partial charge on any atom is 0.144 e. The fourth-order valence-corrected chi connectivity index (χ4v) is 3.24. The molecule has 1 saturated heterocycles. The first-order valence-electron chi connectivity index (χ1n) is 6.70. The third kappa shape index (κ3) is 2.41. The minimum Gasteiger partial charge on any atom is -0.324 e. The van der Waals surface area contributed by atoms with Crippen molar-refractivity contribution in [1.82, 2.24) is 14.5 Å². The monoisotopic (exact) mass is 315 g/mol. The van der Waals surface area contributed by atoms with E-state index < -0.39 is 5.82 Å². The first-order chi connectivity index (χ1) is 9.60. The van der Waals surface area contributed by atoms with Crippen LogP contribution in [-0.4, -0.2) is 34.6 Å². The first-order valence-corrected chi connectivity index (χ1v) is 7.61. The van der Waals surface area contributed by atoms with Gasteiger partial charge in [0, 0.05) is 12.1 Å². The molecule has 3 rings (SSSR count). The van der Waals surface area contributed by atoms with Crippen LogP contribution in [-0.2, 0) is 5.88 Å². The molecule has 1 fully saturated rings. The summed E-state index contributed by atoms with van der Waals surface area (Å²) in [5.74, 6) is 0.673. The first kappa shape index (κ1) is 14.1. The number of rotatable bonds is 2. The van der Waals surface area contributed by atoms with Gasteiger partial charge in [0.15, 0.2) is 0 Å². The summed E-state index contributed by atoms with van der Waals surface area (Å²) in [4.78, 5) is 6.75. The topological polar surface area (TPSA) is 21.1 Å². The van der Waals surface area contributed by atoms with Crippen LogP contribution < -0.4 is 0 Å². The molecule has 3 nitrogen and oxygen atoms in total. The Morgan fingerprint density at radius 1 is 1.35 bits per heavy atom. The summed E-state index contributed by atoms with van der Waals surface area (Å²) in [5, 5.41) is 0.132. The molecule has 0 unspecified atom stereocenters. The van der Waals surface area contributed by atoms with Crippen molar-refractivity contribution in [3.63, 3.8) is 0 Å². The van der Waals surface area contributed by atoms with E-state index in [0.717, 1.165) is 37.3 Å². The Kier molecular flexibility index (Phi) is 3.89. The summed E-state index contributed by atoms with van der Waals surface area (Å²) in [6.07, 6.45) is 2.09. The zero-order valence-corrected chi connectivity index (χ0v) is 12.8. The van der Waals surface area contributed by atoms with E-state index in [9.17, 15) is 4.39 Å². The molecule has 0 spiro atoms. The number of alkyl halides is 1. The highest BCUT2D eigenvalue weighted by molar-refractivity contribution is 6.31. The van der Waals surface area contributed by atoms with Gasteiger partial charge in [0.25, 0.3) is 0 Å². The molecule has 1 aliphatic rings. The predicted molar refractivity (Wildman–Crippen MR) is 80.0 cm³/mol. The second-order valence-electron chi connectivity index (χ2n) is 5.32. The number of hydrogen-bond acceptors (Lipinski definition) is 2. The van der Waals surface area contributed by atoms with Gasteiger partial charge in [0.1, 0.15) is 11.6 Å². The van der Waals surface area contributed by atoms with Gasteiger partial charge in [0.05, 0.1) is 21.9 Å². The van der Waals surface area contributed by atoms with Crippen LogP contribution in [0, 0.1) is 5.82 Å². The van der Waals surface area contributed by atoms with Gasteiger partial charge < -0.3 is 9.47 Å². The maximum atomic E-state index is 13.6. The average molecular weight is 316 g/mol. The van der Waals surface area contributed by atoms with Crippen molar-refractivity contribution >= 4 is 34.2 Å². The van der Waals surface area contributed by atoms with Gasteiger partial charge in [-0.15, -0.1) is 11.6 Å². The second-order valence-corrected chi connectivity index (χ2v) is 6.00. The minimum absolute atomic E-state index is 0.132. The van der Waals surface area contributed by atoms with Crippen LogP contribution in [0.25, 0.3) is 11.0 Å². The summed E-state index contributed by atoms with van der Waals surface area (Å²) in [6.45, 7) is 2.09. The molecule has 0 atom stereocenters. The summed E-state index contributed by atoms with van der Waals surface area (Å²) in [7, 11) is 2.12. The molecule has 6 heteroatoms. The van der Waals surface area contributed by atoms with E-state index in [1.165, 1.54) is 6.07 Å². The minimum atomic E-state index is -0.437. The largest absolute Gasteiger partial charge is 0.324 e. The number of imidazole rings is 1. The van der Waals surface area contributed by atoms with Gasteiger partial charge in [-0.2, -0.15) is 0 Å². The number of halogens is 3. The quantitative estimate of drug-likeness (QED) is 0.785. The van der Waals surface area contributed by atoms with Crippen LogP contribution in [0.15, 0.2) is 12.1 Å². The van der Waals surface area contributed by atoms with Crippen LogP contribution in [0.2, 0.25) is 5.02 Å². The standard InChI is InChI=1S/C14H16Cl2FN3/c1-19-4-2-9(3-5-19)20-13-6-10(16)11(17)7-12(13)18-14(20)8-15/h6-7,9H,2-5,8H2,1H3. The molecular formula is C14H16Cl2FN3. The molecule has 2 heterocycles. The van der Waals surface area contributed by atoms with Crippen molar-refractivity contribution in [2.45, 2.75) is 24.8 Å². The van der Waals surface area contributed by atoms with Gasteiger partial charge in [-0.1, -0.05) is 11.6 Å². The number of fused-ring (bicyclic) bond motifs is 1. The summed E-state index contributed by atoms with van der Waals surface area (Å²) >= 11 is 11.9. The molecule has 0 radical (unpaired) electrons.